The van der Waals surface area contributed by atoms with Gasteiger partial charge in [-0.25, -0.2) is 4.68 Å². The fraction of sp³-hybridized carbons (Fsp3) is 0.211. The molecule has 3 heterocycles. The van der Waals surface area contributed by atoms with Crippen LogP contribution in [0.5, 0.6) is 11.5 Å². The fourth-order valence-corrected chi connectivity index (χ4v) is 2.75. The molecule has 0 saturated carbocycles. The highest BCUT2D eigenvalue weighted by Gasteiger charge is 2.20. The molecule has 2 aromatic heterocycles. The molecule has 0 aliphatic carbocycles. The van der Waals surface area contributed by atoms with Crippen LogP contribution in [-0.2, 0) is 4.79 Å². The molecule has 26 heavy (non-hydrogen) atoms. The molecule has 1 amide bonds. The van der Waals surface area contributed by atoms with Gasteiger partial charge in [-0.05, 0) is 36.8 Å². The number of benzene rings is 1. The Bertz CT molecular complexity index is 924. The number of pyridine rings is 1. The van der Waals surface area contributed by atoms with Crippen LogP contribution < -0.4 is 14.8 Å². The number of nitrogens with one attached hydrogen (secondary N) is 1. The Kier molecular flexibility index (Phi) is 4.27. The van der Waals surface area contributed by atoms with Crippen molar-refractivity contribution in [2.45, 2.75) is 12.8 Å². The molecule has 1 aromatic carbocycles. The van der Waals surface area contributed by atoms with Crippen LogP contribution in [0.2, 0.25) is 0 Å². The summed E-state index contributed by atoms with van der Waals surface area (Å²) in [6.07, 6.45) is 5.18. The topological polar surface area (TPSA) is 78.3 Å². The predicted octanol–water partition coefficient (Wildman–Crippen LogP) is 2.78. The van der Waals surface area contributed by atoms with Crippen molar-refractivity contribution in [3.05, 3.63) is 60.6 Å². The van der Waals surface area contributed by atoms with E-state index in [1.807, 2.05) is 37.3 Å². The zero-order valence-corrected chi connectivity index (χ0v) is 14.3. The number of amides is 1. The van der Waals surface area contributed by atoms with E-state index in [0.29, 0.717) is 30.5 Å². The molecule has 1 aliphatic rings. The first-order valence-corrected chi connectivity index (χ1v) is 8.37. The molecule has 0 bridgehead atoms. The highest BCUT2D eigenvalue weighted by atomic mass is 16.6. The number of fused-ring (bicyclic) bond motifs is 1. The Labute approximate surface area is 150 Å². The zero-order valence-electron chi connectivity index (χ0n) is 14.3. The number of carbonyl (C=O) groups excluding carboxylic acids is 1. The van der Waals surface area contributed by atoms with Crippen LogP contribution in [0, 0.1) is 0 Å². The van der Waals surface area contributed by atoms with Gasteiger partial charge in [0.25, 0.3) is 0 Å². The average Bonchev–Trinajstić information content (AvgIpc) is 3.16. The van der Waals surface area contributed by atoms with E-state index in [1.54, 1.807) is 29.3 Å². The van der Waals surface area contributed by atoms with E-state index in [2.05, 4.69) is 15.4 Å². The van der Waals surface area contributed by atoms with Crippen molar-refractivity contribution >= 4 is 11.7 Å². The third kappa shape index (κ3) is 3.23. The third-order valence-electron chi connectivity index (χ3n) is 4.23. The molecule has 0 saturated heterocycles. The van der Waals surface area contributed by atoms with E-state index in [9.17, 15) is 4.79 Å². The minimum absolute atomic E-state index is 0.137. The maximum absolute atomic E-state index is 12.6. The lowest BCUT2D eigenvalue weighted by molar-refractivity contribution is -0.117. The van der Waals surface area contributed by atoms with E-state index in [4.69, 9.17) is 9.47 Å². The number of nitrogens with zero attached hydrogens (tertiary/aromatic N) is 3. The molecule has 0 radical (unpaired) electrons. The molecule has 0 spiro atoms. The van der Waals surface area contributed by atoms with E-state index in [-0.39, 0.29) is 11.8 Å². The lowest BCUT2D eigenvalue weighted by Crippen LogP contribution is -2.20. The van der Waals surface area contributed by atoms with Gasteiger partial charge in [-0.1, -0.05) is 6.07 Å². The maximum Gasteiger partial charge on any atom is 0.232 e. The number of hydrogen-bond acceptors (Lipinski definition) is 5. The van der Waals surface area contributed by atoms with Gasteiger partial charge in [-0.2, -0.15) is 5.10 Å². The number of anilines is 1. The van der Waals surface area contributed by atoms with Crippen LogP contribution in [0.4, 0.5) is 5.82 Å². The predicted molar refractivity (Wildman–Crippen MR) is 95.8 cm³/mol. The maximum atomic E-state index is 12.6. The molecule has 1 aliphatic heterocycles. The second kappa shape index (κ2) is 6.87. The van der Waals surface area contributed by atoms with Gasteiger partial charge in [-0.3, -0.25) is 9.78 Å². The van der Waals surface area contributed by atoms with Gasteiger partial charge < -0.3 is 14.8 Å². The Morgan fingerprint density at radius 3 is 2.69 bits per heavy atom. The molecule has 132 valence electrons. The molecule has 0 fully saturated rings. The average molecular weight is 350 g/mol. The smallest absolute Gasteiger partial charge is 0.232 e. The molecule has 1 N–H and O–H groups in total. The number of ether oxygens (including phenoxy) is 2. The minimum atomic E-state index is -0.350. The van der Waals surface area contributed by atoms with Gasteiger partial charge in [-0.15, -0.1) is 0 Å². The first-order chi connectivity index (χ1) is 12.7. The Morgan fingerprint density at radius 1 is 1.12 bits per heavy atom. The highest BCUT2D eigenvalue weighted by Crippen LogP contribution is 2.33. The highest BCUT2D eigenvalue weighted by molar-refractivity contribution is 5.94. The molecular formula is C19H18N4O3. The van der Waals surface area contributed by atoms with Crippen molar-refractivity contribution in [2.24, 2.45) is 0 Å². The van der Waals surface area contributed by atoms with Gasteiger partial charge in [0, 0.05) is 24.7 Å². The summed E-state index contributed by atoms with van der Waals surface area (Å²) in [6.45, 7) is 2.91. The summed E-state index contributed by atoms with van der Waals surface area (Å²) < 4.78 is 12.8. The van der Waals surface area contributed by atoms with Gasteiger partial charge in [0.15, 0.2) is 17.3 Å². The zero-order chi connectivity index (χ0) is 17.9. The number of rotatable bonds is 4. The van der Waals surface area contributed by atoms with E-state index >= 15 is 0 Å². The lowest BCUT2D eigenvalue weighted by Gasteiger charge is -2.20. The Hall–Kier alpha value is -3.35. The van der Waals surface area contributed by atoms with Crippen molar-refractivity contribution in [1.29, 1.82) is 0 Å². The van der Waals surface area contributed by atoms with Gasteiger partial charge in [0.1, 0.15) is 13.2 Å². The van der Waals surface area contributed by atoms with E-state index < -0.39 is 0 Å². The van der Waals surface area contributed by atoms with Crippen molar-refractivity contribution < 1.29 is 14.3 Å². The Balaban J connectivity index is 1.47. The van der Waals surface area contributed by atoms with Crippen LogP contribution in [0.15, 0.2) is 55.0 Å². The minimum Gasteiger partial charge on any atom is -0.486 e. The summed E-state index contributed by atoms with van der Waals surface area (Å²) in [4.78, 5) is 16.6. The van der Waals surface area contributed by atoms with Gasteiger partial charge >= 0.3 is 0 Å². The monoisotopic (exact) mass is 350 g/mol. The second-order valence-corrected chi connectivity index (χ2v) is 5.96. The molecule has 4 rings (SSSR count). The van der Waals surface area contributed by atoms with Crippen molar-refractivity contribution in [2.75, 3.05) is 18.5 Å². The first-order valence-electron chi connectivity index (χ1n) is 8.37. The standard InChI is InChI=1S/C19H18N4O3/c1-13(14-2-3-16-17(12-14)26-11-10-25-16)19(24)21-18-6-9-23(22-18)15-4-7-20-8-5-15/h2-9,12-13H,10-11H2,1H3,(H,21,22,24)/t13-/m0/s1. The Morgan fingerprint density at radius 2 is 1.88 bits per heavy atom. The van der Waals surface area contributed by atoms with Crippen molar-refractivity contribution in [3.63, 3.8) is 0 Å². The fourth-order valence-electron chi connectivity index (χ4n) is 2.75. The number of carbonyl (C=O) groups is 1. The first kappa shape index (κ1) is 16.1. The third-order valence-corrected chi connectivity index (χ3v) is 4.23. The number of hydrogen-bond donors (Lipinski definition) is 1. The van der Waals surface area contributed by atoms with E-state index in [1.165, 1.54) is 0 Å². The molecule has 7 nitrogen and oxygen atoms in total. The summed E-state index contributed by atoms with van der Waals surface area (Å²) >= 11 is 0. The largest absolute Gasteiger partial charge is 0.486 e. The summed E-state index contributed by atoms with van der Waals surface area (Å²) in [5.41, 5.74) is 1.74. The summed E-state index contributed by atoms with van der Waals surface area (Å²) in [6, 6.07) is 11.0. The van der Waals surface area contributed by atoms with Gasteiger partial charge in [0.2, 0.25) is 5.91 Å². The molecule has 3 aromatic rings. The van der Waals surface area contributed by atoms with Crippen LogP contribution in [-0.4, -0.2) is 33.9 Å². The molecule has 0 unspecified atom stereocenters. The van der Waals surface area contributed by atoms with Crippen molar-refractivity contribution in [3.8, 4) is 17.2 Å². The van der Waals surface area contributed by atoms with Crippen LogP contribution >= 0.6 is 0 Å². The normalized spacial score (nSPS) is 13.9. The van der Waals surface area contributed by atoms with Crippen LogP contribution in [0.3, 0.4) is 0 Å². The van der Waals surface area contributed by atoms with E-state index in [0.717, 1.165) is 11.3 Å². The second-order valence-electron chi connectivity index (χ2n) is 5.96. The quantitative estimate of drug-likeness (QED) is 0.783. The summed E-state index contributed by atoms with van der Waals surface area (Å²) in [7, 11) is 0. The van der Waals surface area contributed by atoms with Gasteiger partial charge in [0.05, 0.1) is 11.6 Å². The lowest BCUT2D eigenvalue weighted by atomic mass is 9.99. The molecule has 1 atom stereocenters. The van der Waals surface area contributed by atoms with Crippen molar-refractivity contribution in [1.82, 2.24) is 14.8 Å². The number of aromatic nitrogens is 3. The van der Waals surface area contributed by atoms with Crippen LogP contribution in [0.1, 0.15) is 18.4 Å². The van der Waals surface area contributed by atoms with Crippen LogP contribution in [0.25, 0.3) is 5.69 Å². The molecule has 7 heteroatoms. The molecular weight excluding hydrogens is 332 g/mol. The SMILES string of the molecule is C[C@H](C(=O)Nc1ccn(-c2ccncc2)n1)c1ccc2c(c1)OCCO2. The summed E-state index contributed by atoms with van der Waals surface area (Å²) in [5, 5.41) is 7.23. The summed E-state index contributed by atoms with van der Waals surface area (Å²) in [5.74, 6) is 1.40.